The number of ketones is 1. The van der Waals surface area contributed by atoms with Crippen molar-refractivity contribution < 1.29 is 23.9 Å². The highest BCUT2D eigenvalue weighted by Gasteiger charge is 2.18. The van der Waals surface area contributed by atoms with Crippen LogP contribution in [0.4, 0.5) is 0 Å². The molecule has 130 valence electrons. The number of thioether (sulfide) groups is 1. The average molecular weight is 351 g/mol. The van der Waals surface area contributed by atoms with Gasteiger partial charge in [-0.15, -0.1) is 11.8 Å². The molecule has 1 heterocycles. The molecule has 0 bridgehead atoms. The first-order chi connectivity index (χ1) is 11.6. The minimum atomic E-state index is -0.575. The zero-order valence-corrected chi connectivity index (χ0v) is 14.4. The lowest BCUT2D eigenvalue weighted by Gasteiger charge is -2.11. The Balaban J connectivity index is 1.81. The molecule has 1 saturated heterocycles. The summed E-state index contributed by atoms with van der Waals surface area (Å²) in [6, 6.07) is 6.87. The topological polar surface area (TPSA) is 81.7 Å². The predicted octanol–water partition coefficient (Wildman–Crippen LogP) is 1.82. The third-order valence-corrected chi connectivity index (χ3v) is 4.64. The largest absolute Gasteiger partial charge is 0.452 e. The van der Waals surface area contributed by atoms with Crippen LogP contribution in [0, 0.1) is 0 Å². The molecule has 1 atom stereocenters. The van der Waals surface area contributed by atoms with Crippen molar-refractivity contribution in [1.29, 1.82) is 0 Å². The Labute approximate surface area is 145 Å². The molecule has 24 heavy (non-hydrogen) atoms. The van der Waals surface area contributed by atoms with Crippen molar-refractivity contribution in [2.24, 2.45) is 0 Å². The van der Waals surface area contributed by atoms with Gasteiger partial charge in [0.1, 0.15) is 5.78 Å². The summed E-state index contributed by atoms with van der Waals surface area (Å²) >= 11 is 1.28. The van der Waals surface area contributed by atoms with Crippen LogP contribution in [-0.4, -0.2) is 49.3 Å². The van der Waals surface area contributed by atoms with E-state index < -0.39 is 5.97 Å². The van der Waals surface area contributed by atoms with Gasteiger partial charge in [-0.3, -0.25) is 9.59 Å². The molecular formula is C17H21NO5S. The van der Waals surface area contributed by atoms with E-state index in [1.807, 2.05) is 0 Å². The Bertz CT molecular complexity index is 598. The highest BCUT2D eigenvalue weighted by Crippen LogP contribution is 2.23. The molecule has 0 aliphatic carbocycles. The molecule has 0 saturated carbocycles. The fourth-order valence-electron chi connectivity index (χ4n) is 2.23. The summed E-state index contributed by atoms with van der Waals surface area (Å²) in [5.74, 6) is -0.620. The molecule has 1 fully saturated rings. The second-order valence-corrected chi connectivity index (χ2v) is 6.52. The van der Waals surface area contributed by atoms with E-state index in [4.69, 9.17) is 9.47 Å². The van der Waals surface area contributed by atoms with E-state index in [2.05, 4.69) is 5.32 Å². The Kier molecular flexibility index (Phi) is 7.27. The van der Waals surface area contributed by atoms with E-state index in [1.54, 1.807) is 24.3 Å². The highest BCUT2D eigenvalue weighted by molar-refractivity contribution is 8.00. The van der Waals surface area contributed by atoms with Gasteiger partial charge in [-0.25, -0.2) is 4.79 Å². The number of esters is 1. The number of amides is 1. The Morgan fingerprint density at radius 2 is 2.12 bits per heavy atom. The van der Waals surface area contributed by atoms with Crippen LogP contribution in [0.5, 0.6) is 0 Å². The number of benzene rings is 1. The van der Waals surface area contributed by atoms with Crippen LogP contribution in [0.3, 0.4) is 0 Å². The van der Waals surface area contributed by atoms with Crippen LogP contribution in [0.15, 0.2) is 29.2 Å². The first-order valence-electron chi connectivity index (χ1n) is 7.83. The van der Waals surface area contributed by atoms with Gasteiger partial charge in [-0.2, -0.15) is 0 Å². The zero-order valence-electron chi connectivity index (χ0n) is 13.6. The molecule has 1 amide bonds. The van der Waals surface area contributed by atoms with Crippen LogP contribution in [0.1, 0.15) is 30.1 Å². The molecule has 0 unspecified atom stereocenters. The minimum Gasteiger partial charge on any atom is -0.452 e. The molecule has 0 radical (unpaired) electrons. The van der Waals surface area contributed by atoms with Gasteiger partial charge in [0.15, 0.2) is 6.61 Å². The quantitative estimate of drug-likeness (QED) is 0.568. The molecule has 6 nitrogen and oxygen atoms in total. The lowest BCUT2D eigenvalue weighted by Crippen LogP contribution is -2.34. The normalized spacial score (nSPS) is 16.6. The van der Waals surface area contributed by atoms with Crippen molar-refractivity contribution in [2.75, 3.05) is 25.5 Å². The molecule has 1 aliphatic heterocycles. The Morgan fingerprint density at radius 3 is 2.83 bits per heavy atom. The fourth-order valence-corrected chi connectivity index (χ4v) is 3.07. The van der Waals surface area contributed by atoms with Crippen molar-refractivity contribution in [2.45, 2.75) is 30.8 Å². The summed E-state index contributed by atoms with van der Waals surface area (Å²) in [6.07, 6.45) is 1.98. The number of carbonyl (C=O) groups is 3. The predicted molar refractivity (Wildman–Crippen MR) is 90.1 cm³/mol. The number of rotatable bonds is 8. The first kappa shape index (κ1) is 18.5. The number of hydrogen-bond donors (Lipinski definition) is 1. The molecule has 7 heteroatoms. The minimum absolute atomic E-state index is 0.0247. The second-order valence-electron chi connectivity index (χ2n) is 5.50. The molecule has 1 aromatic carbocycles. The number of hydrogen-bond acceptors (Lipinski definition) is 6. The van der Waals surface area contributed by atoms with Crippen molar-refractivity contribution in [3.05, 3.63) is 29.8 Å². The summed E-state index contributed by atoms with van der Waals surface area (Å²) < 4.78 is 10.5. The summed E-state index contributed by atoms with van der Waals surface area (Å²) in [5.41, 5.74) is 0.357. The monoisotopic (exact) mass is 351 g/mol. The third kappa shape index (κ3) is 5.98. The molecule has 1 aromatic rings. The van der Waals surface area contributed by atoms with E-state index in [-0.39, 0.29) is 30.2 Å². The number of nitrogens with one attached hydrogen (secondary N) is 1. The number of Topliss-reactive ketones (excluding diaryl/α,β-unsaturated/α-hetero) is 1. The van der Waals surface area contributed by atoms with E-state index in [1.165, 1.54) is 18.7 Å². The van der Waals surface area contributed by atoms with Gasteiger partial charge in [0.25, 0.3) is 5.91 Å². The van der Waals surface area contributed by atoms with Crippen LogP contribution < -0.4 is 5.32 Å². The number of ether oxygens (including phenoxy) is 2. The standard InChI is InChI=1S/C17H21NO5S/c1-12(19)11-24-15-7-3-2-6-14(15)17(21)23-10-16(20)18-9-13-5-4-8-22-13/h2-3,6-7,13H,4-5,8-11H2,1H3,(H,18,20)/t13-/m1/s1. The molecule has 0 spiro atoms. The van der Waals surface area contributed by atoms with Gasteiger partial charge in [-0.05, 0) is 31.9 Å². The SMILES string of the molecule is CC(=O)CSc1ccccc1C(=O)OCC(=O)NC[C@H]1CCCO1. The van der Waals surface area contributed by atoms with Gasteiger partial charge in [0, 0.05) is 18.0 Å². The van der Waals surface area contributed by atoms with Gasteiger partial charge in [0.2, 0.25) is 0 Å². The fraction of sp³-hybridized carbons (Fsp3) is 0.471. The van der Waals surface area contributed by atoms with E-state index >= 15 is 0 Å². The molecule has 1 N–H and O–H groups in total. The van der Waals surface area contributed by atoms with Crippen molar-refractivity contribution in [1.82, 2.24) is 5.32 Å². The Morgan fingerprint density at radius 1 is 1.33 bits per heavy atom. The maximum absolute atomic E-state index is 12.1. The maximum atomic E-state index is 12.1. The summed E-state index contributed by atoms with van der Waals surface area (Å²) in [4.78, 5) is 35.6. The van der Waals surface area contributed by atoms with Crippen molar-refractivity contribution in [3.8, 4) is 0 Å². The lowest BCUT2D eigenvalue weighted by atomic mass is 10.2. The van der Waals surface area contributed by atoms with Crippen molar-refractivity contribution in [3.63, 3.8) is 0 Å². The van der Waals surface area contributed by atoms with Crippen LogP contribution in [-0.2, 0) is 19.1 Å². The molecule has 0 aromatic heterocycles. The van der Waals surface area contributed by atoms with Crippen LogP contribution in [0.2, 0.25) is 0 Å². The van der Waals surface area contributed by atoms with Gasteiger partial charge < -0.3 is 14.8 Å². The second kappa shape index (κ2) is 9.44. The van der Waals surface area contributed by atoms with E-state index in [9.17, 15) is 14.4 Å². The van der Waals surface area contributed by atoms with Crippen molar-refractivity contribution >= 4 is 29.4 Å². The van der Waals surface area contributed by atoms with E-state index in [0.717, 1.165) is 19.4 Å². The smallest absolute Gasteiger partial charge is 0.339 e. The Hall–Kier alpha value is -1.86. The highest BCUT2D eigenvalue weighted by atomic mass is 32.2. The zero-order chi connectivity index (χ0) is 17.4. The summed E-state index contributed by atoms with van der Waals surface area (Å²) in [7, 11) is 0. The lowest BCUT2D eigenvalue weighted by molar-refractivity contribution is -0.124. The van der Waals surface area contributed by atoms with E-state index in [0.29, 0.717) is 17.0 Å². The van der Waals surface area contributed by atoms with Crippen LogP contribution >= 0.6 is 11.8 Å². The molecule has 1 aliphatic rings. The molecule has 2 rings (SSSR count). The summed E-state index contributed by atoms with van der Waals surface area (Å²) in [6.45, 7) is 2.31. The number of carbonyl (C=O) groups excluding carboxylic acids is 3. The molecular weight excluding hydrogens is 330 g/mol. The maximum Gasteiger partial charge on any atom is 0.339 e. The van der Waals surface area contributed by atoms with Crippen LogP contribution in [0.25, 0.3) is 0 Å². The average Bonchev–Trinajstić information content (AvgIpc) is 3.09. The van der Waals surface area contributed by atoms with Gasteiger partial charge >= 0.3 is 5.97 Å². The first-order valence-corrected chi connectivity index (χ1v) is 8.81. The summed E-state index contributed by atoms with van der Waals surface area (Å²) in [5, 5.41) is 2.70. The van der Waals surface area contributed by atoms with Gasteiger partial charge in [-0.1, -0.05) is 12.1 Å². The third-order valence-electron chi connectivity index (χ3n) is 3.42. The van der Waals surface area contributed by atoms with Gasteiger partial charge in [0.05, 0.1) is 17.4 Å².